The van der Waals surface area contributed by atoms with E-state index in [-0.39, 0.29) is 11.8 Å². The Morgan fingerprint density at radius 3 is 2.35 bits per heavy atom. The molecule has 1 heterocycles. The molecule has 2 aromatic rings. The van der Waals surface area contributed by atoms with E-state index in [0.717, 1.165) is 37.2 Å². The number of aryl methyl sites for hydroxylation is 1. The molecule has 1 N–H and O–H groups in total. The Morgan fingerprint density at radius 1 is 0.968 bits per heavy atom. The maximum Gasteiger partial charge on any atom is 0.234 e. The Kier molecular flexibility index (Phi) is 8.47. The minimum absolute atomic E-state index is 0.0575. The van der Waals surface area contributed by atoms with Crippen molar-refractivity contribution in [2.45, 2.75) is 19.8 Å². The summed E-state index contributed by atoms with van der Waals surface area (Å²) in [6.07, 6.45) is 1.35. The molecule has 0 aliphatic carbocycles. The number of para-hydroxylation sites is 1. The topological polar surface area (TPSA) is 55.9 Å². The van der Waals surface area contributed by atoms with Gasteiger partial charge in [0.2, 0.25) is 11.8 Å². The van der Waals surface area contributed by atoms with E-state index >= 15 is 0 Å². The Bertz CT molecular complexity index is 848. The van der Waals surface area contributed by atoms with Crippen molar-refractivity contribution in [3.05, 3.63) is 65.7 Å². The molecule has 0 bridgehead atoms. The Labute approximate surface area is 185 Å². The number of piperazine rings is 1. The SMILES string of the molecule is Cc1ccccc1CC(=O)N1CCN(CC(=O)NCCCN(C)c2ccccc2)CC1. The smallest absolute Gasteiger partial charge is 0.234 e. The third-order valence-corrected chi connectivity index (χ3v) is 5.88. The van der Waals surface area contributed by atoms with Crippen LogP contribution in [0.2, 0.25) is 0 Å². The fraction of sp³-hybridized carbons (Fsp3) is 0.440. The maximum absolute atomic E-state index is 12.6. The van der Waals surface area contributed by atoms with Crippen LogP contribution in [0.4, 0.5) is 5.69 Å². The lowest BCUT2D eigenvalue weighted by molar-refractivity contribution is -0.132. The highest BCUT2D eigenvalue weighted by Gasteiger charge is 2.22. The zero-order valence-electron chi connectivity index (χ0n) is 18.7. The first-order valence-electron chi connectivity index (χ1n) is 11.1. The van der Waals surface area contributed by atoms with E-state index in [2.05, 4.69) is 34.3 Å². The molecule has 0 radical (unpaired) electrons. The number of nitrogens with zero attached hydrogens (tertiary/aromatic N) is 3. The number of nitrogens with one attached hydrogen (secondary N) is 1. The quantitative estimate of drug-likeness (QED) is 0.630. The van der Waals surface area contributed by atoms with Gasteiger partial charge >= 0.3 is 0 Å². The van der Waals surface area contributed by atoms with Crippen LogP contribution < -0.4 is 10.2 Å². The summed E-state index contributed by atoms with van der Waals surface area (Å²) in [6.45, 7) is 6.84. The van der Waals surface area contributed by atoms with E-state index in [1.54, 1.807) is 0 Å². The molecule has 2 aromatic carbocycles. The highest BCUT2D eigenvalue weighted by molar-refractivity contribution is 5.79. The van der Waals surface area contributed by atoms with E-state index in [1.807, 2.05) is 54.3 Å². The summed E-state index contributed by atoms with van der Waals surface area (Å²) >= 11 is 0. The standard InChI is InChI=1S/C25H34N4O2/c1-21-9-6-7-10-22(21)19-25(31)29-17-15-28(16-18-29)20-24(30)26-13-8-14-27(2)23-11-4-3-5-12-23/h3-7,9-12H,8,13-20H2,1-2H3,(H,26,30). The van der Waals surface area contributed by atoms with Crippen molar-refractivity contribution in [1.82, 2.24) is 15.1 Å². The minimum Gasteiger partial charge on any atom is -0.375 e. The number of anilines is 1. The lowest BCUT2D eigenvalue weighted by Gasteiger charge is -2.34. The maximum atomic E-state index is 12.6. The van der Waals surface area contributed by atoms with Gasteiger partial charge < -0.3 is 15.1 Å². The molecular weight excluding hydrogens is 388 g/mol. The summed E-state index contributed by atoms with van der Waals surface area (Å²) in [5, 5.41) is 3.02. The third-order valence-electron chi connectivity index (χ3n) is 5.88. The van der Waals surface area contributed by atoms with Crippen LogP contribution in [0, 0.1) is 6.92 Å². The summed E-state index contributed by atoms with van der Waals surface area (Å²) in [5.74, 6) is 0.225. The first kappa shape index (κ1) is 22.8. The summed E-state index contributed by atoms with van der Waals surface area (Å²) in [6, 6.07) is 18.3. The predicted octanol–water partition coefficient (Wildman–Crippen LogP) is 2.32. The Balaban J connectivity index is 1.31. The minimum atomic E-state index is 0.0575. The molecule has 0 saturated carbocycles. The molecule has 3 rings (SSSR count). The number of carbonyl (C=O) groups excluding carboxylic acids is 2. The van der Waals surface area contributed by atoms with Gasteiger partial charge in [-0.25, -0.2) is 0 Å². The van der Waals surface area contributed by atoms with Crippen molar-refractivity contribution in [3.8, 4) is 0 Å². The van der Waals surface area contributed by atoms with E-state index in [1.165, 1.54) is 5.69 Å². The van der Waals surface area contributed by atoms with Crippen molar-refractivity contribution in [1.29, 1.82) is 0 Å². The first-order valence-corrected chi connectivity index (χ1v) is 11.1. The van der Waals surface area contributed by atoms with Crippen molar-refractivity contribution in [3.63, 3.8) is 0 Å². The zero-order valence-corrected chi connectivity index (χ0v) is 18.7. The molecular formula is C25H34N4O2. The van der Waals surface area contributed by atoms with Crippen LogP contribution in [0.3, 0.4) is 0 Å². The Hall–Kier alpha value is -2.86. The van der Waals surface area contributed by atoms with Crippen LogP contribution in [0.1, 0.15) is 17.5 Å². The molecule has 1 fully saturated rings. The van der Waals surface area contributed by atoms with Crippen LogP contribution in [-0.2, 0) is 16.0 Å². The second-order valence-corrected chi connectivity index (χ2v) is 8.22. The van der Waals surface area contributed by atoms with Gasteiger partial charge in [0.05, 0.1) is 13.0 Å². The lowest BCUT2D eigenvalue weighted by atomic mass is 10.1. The van der Waals surface area contributed by atoms with E-state index in [0.29, 0.717) is 32.6 Å². The van der Waals surface area contributed by atoms with Crippen LogP contribution in [0.5, 0.6) is 0 Å². The first-order chi connectivity index (χ1) is 15.0. The molecule has 166 valence electrons. The molecule has 1 aliphatic heterocycles. The van der Waals surface area contributed by atoms with Gasteiger partial charge in [-0.2, -0.15) is 0 Å². The zero-order chi connectivity index (χ0) is 22.1. The lowest BCUT2D eigenvalue weighted by Crippen LogP contribution is -2.51. The van der Waals surface area contributed by atoms with Gasteiger partial charge in [0.1, 0.15) is 0 Å². The number of hydrogen-bond acceptors (Lipinski definition) is 4. The van der Waals surface area contributed by atoms with Crippen molar-refractivity contribution < 1.29 is 9.59 Å². The number of carbonyl (C=O) groups is 2. The number of rotatable bonds is 9. The second-order valence-electron chi connectivity index (χ2n) is 8.22. The summed E-state index contributed by atoms with van der Waals surface area (Å²) < 4.78 is 0. The van der Waals surface area contributed by atoms with E-state index in [4.69, 9.17) is 0 Å². The van der Waals surface area contributed by atoms with Gasteiger partial charge in [0.25, 0.3) is 0 Å². The molecule has 1 aliphatic rings. The highest BCUT2D eigenvalue weighted by Crippen LogP contribution is 2.12. The van der Waals surface area contributed by atoms with Crippen molar-refractivity contribution in [2.75, 3.05) is 57.8 Å². The molecule has 2 amide bonds. The van der Waals surface area contributed by atoms with Gasteiger partial charge in [-0.05, 0) is 36.6 Å². The van der Waals surface area contributed by atoms with Crippen LogP contribution in [-0.4, -0.2) is 74.5 Å². The molecule has 31 heavy (non-hydrogen) atoms. The largest absolute Gasteiger partial charge is 0.375 e. The van der Waals surface area contributed by atoms with E-state index < -0.39 is 0 Å². The normalized spacial score (nSPS) is 14.3. The van der Waals surface area contributed by atoms with Gasteiger partial charge in [-0.3, -0.25) is 14.5 Å². The molecule has 6 heteroatoms. The number of amides is 2. The highest BCUT2D eigenvalue weighted by atomic mass is 16.2. The average Bonchev–Trinajstić information content (AvgIpc) is 2.79. The van der Waals surface area contributed by atoms with E-state index in [9.17, 15) is 9.59 Å². The fourth-order valence-electron chi connectivity index (χ4n) is 3.85. The third kappa shape index (κ3) is 7.10. The molecule has 0 aromatic heterocycles. The number of hydrogen-bond donors (Lipinski definition) is 1. The molecule has 0 unspecified atom stereocenters. The van der Waals surface area contributed by atoms with Crippen LogP contribution in [0.25, 0.3) is 0 Å². The molecule has 6 nitrogen and oxygen atoms in total. The predicted molar refractivity (Wildman–Crippen MR) is 125 cm³/mol. The molecule has 1 saturated heterocycles. The monoisotopic (exact) mass is 422 g/mol. The van der Waals surface area contributed by atoms with Crippen molar-refractivity contribution in [2.24, 2.45) is 0 Å². The average molecular weight is 423 g/mol. The van der Waals surface area contributed by atoms with Crippen molar-refractivity contribution >= 4 is 17.5 Å². The summed E-state index contributed by atoms with van der Waals surface area (Å²) in [7, 11) is 2.07. The van der Waals surface area contributed by atoms with Gasteiger partial charge in [-0.1, -0.05) is 42.5 Å². The molecule has 0 atom stereocenters. The van der Waals surface area contributed by atoms with Crippen LogP contribution >= 0.6 is 0 Å². The van der Waals surface area contributed by atoms with Gasteiger partial charge in [0, 0.05) is 52.0 Å². The fourth-order valence-corrected chi connectivity index (χ4v) is 3.85. The summed E-state index contributed by atoms with van der Waals surface area (Å²) in [4.78, 5) is 31.1. The summed E-state index contributed by atoms with van der Waals surface area (Å²) in [5.41, 5.74) is 3.43. The van der Waals surface area contributed by atoms with Crippen LogP contribution in [0.15, 0.2) is 54.6 Å². The van der Waals surface area contributed by atoms with Gasteiger partial charge in [-0.15, -0.1) is 0 Å². The molecule has 0 spiro atoms. The number of benzene rings is 2. The Morgan fingerprint density at radius 2 is 1.65 bits per heavy atom. The second kappa shape index (κ2) is 11.5. The van der Waals surface area contributed by atoms with Gasteiger partial charge in [0.15, 0.2) is 0 Å².